The van der Waals surface area contributed by atoms with Crippen LogP contribution in [0.1, 0.15) is 33.4 Å². The molecule has 1 saturated carbocycles. The first-order valence-corrected chi connectivity index (χ1v) is 7.65. The van der Waals surface area contributed by atoms with Gasteiger partial charge in [-0.15, -0.1) is 0 Å². The summed E-state index contributed by atoms with van der Waals surface area (Å²) in [5, 5.41) is 0. The zero-order valence-electron chi connectivity index (χ0n) is 14.5. The van der Waals surface area contributed by atoms with Crippen molar-refractivity contribution in [2.75, 3.05) is 0 Å². The first-order chi connectivity index (χ1) is 10.6. The molecule has 0 bridgehead atoms. The van der Waals surface area contributed by atoms with Gasteiger partial charge in [-0.05, 0) is 25.2 Å². The molecule has 6 nitrogen and oxygen atoms in total. The molecule has 0 spiro atoms. The molecule has 0 unspecified atom stereocenters. The Bertz CT molecular complexity index is 779. The first kappa shape index (κ1) is 17.2. The average Bonchev–Trinajstić information content (AvgIpc) is 2.99. The van der Waals surface area contributed by atoms with E-state index in [-0.39, 0.29) is 29.8 Å². The van der Waals surface area contributed by atoms with Gasteiger partial charge in [0.15, 0.2) is 0 Å². The average molecular weight is 320 g/mol. The molecule has 126 valence electrons. The molecule has 2 rings (SSSR count). The van der Waals surface area contributed by atoms with E-state index in [1.54, 1.807) is 7.05 Å². The number of hydrogen-bond acceptors (Lipinski definition) is 4. The lowest BCUT2D eigenvalue weighted by molar-refractivity contribution is -0.147. The van der Waals surface area contributed by atoms with Gasteiger partial charge in [-0.2, -0.15) is 0 Å². The van der Waals surface area contributed by atoms with Gasteiger partial charge in [0.25, 0.3) is 5.56 Å². The Morgan fingerprint density at radius 3 is 2.43 bits per heavy atom. The molecular weight excluding hydrogens is 296 g/mol. The number of carbonyl (C=O) groups excluding carboxylic acids is 1. The van der Waals surface area contributed by atoms with Gasteiger partial charge >= 0.3 is 11.7 Å². The van der Waals surface area contributed by atoms with E-state index in [9.17, 15) is 14.4 Å². The molecular formula is C17H24N2O4. The Morgan fingerprint density at radius 2 is 1.87 bits per heavy atom. The lowest BCUT2D eigenvalue weighted by atomic mass is 10.1. The van der Waals surface area contributed by atoms with Crippen LogP contribution >= 0.6 is 0 Å². The first-order valence-electron chi connectivity index (χ1n) is 7.65. The van der Waals surface area contributed by atoms with Gasteiger partial charge in [0, 0.05) is 20.2 Å². The second-order valence-electron chi connectivity index (χ2n) is 7.05. The molecule has 0 saturated heterocycles. The van der Waals surface area contributed by atoms with Gasteiger partial charge in [-0.1, -0.05) is 25.5 Å². The highest BCUT2D eigenvalue weighted by Gasteiger charge is 2.61. The SMILES string of the molecule is CC(C)=C[C@@H]1[C@@H](C(=O)OCc2cc(=O)n(C)c(=O)n2C)C1(C)C. The number of aromatic nitrogens is 2. The second-order valence-corrected chi connectivity index (χ2v) is 7.05. The predicted octanol–water partition coefficient (Wildman–Crippen LogP) is 1.37. The van der Waals surface area contributed by atoms with E-state index in [4.69, 9.17) is 4.74 Å². The fraction of sp³-hybridized carbons (Fsp3) is 0.588. The molecule has 0 N–H and O–H groups in total. The minimum absolute atomic E-state index is 0.0746. The van der Waals surface area contributed by atoms with Crippen LogP contribution in [0, 0.1) is 17.3 Å². The van der Waals surface area contributed by atoms with Crippen molar-refractivity contribution < 1.29 is 9.53 Å². The van der Waals surface area contributed by atoms with Crippen molar-refractivity contribution in [2.45, 2.75) is 34.3 Å². The summed E-state index contributed by atoms with van der Waals surface area (Å²) in [6.45, 7) is 8.02. The maximum atomic E-state index is 12.3. The van der Waals surface area contributed by atoms with Crippen LogP contribution in [0.4, 0.5) is 0 Å². The summed E-state index contributed by atoms with van der Waals surface area (Å²) >= 11 is 0. The van der Waals surface area contributed by atoms with Crippen LogP contribution in [-0.2, 0) is 30.2 Å². The third-order valence-corrected chi connectivity index (χ3v) is 4.67. The maximum absolute atomic E-state index is 12.3. The van der Waals surface area contributed by atoms with Gasteiger partial charge < -0.3 is 4.74 Å². The number of hydrogen-bond donors (Lipinski definition) is 0. The van der Waals surface area contributed by atoms with E-state index in [1.807, 2.05) is 27.7 Å². The van der Waals surface area contributed by atoms with Crippen LogP contribution < -0.4 is 11.2 Å². The highest BCUT2D eigenvalue weighted by molar-refractivity contribution is 5.78. The minimum Gasteiger partial charge on any atom is -0.459 e. The largest absolute Gasteiger partial charge is 0.459 e. The molecule has 1 fully saturated rings. The molecule has 1 aliphatic carbocycles. The van der Waals surface area contributed by atoms with Crippen LogP contribution in [0.3, 0.4) is 0 Å². The number of esters is 1. The smallest absolute Gasteiger partial charge is 0.330 e. The standard InChI is InChI=1S/C17H24N2O4/c1-10(2)7-12-14(17(12,3)4)15(21)23-9-11-8-13(20)19(6)16(22)18(11)5/h7-8,12,14H,9H2,1-6H3/t12-,14+/m1/s1. The molecule has 1 aromatic rings. The van der Waals surface area contributed by atoms with Crippen molar-refractivity contribution in [3.63, 3.8) is 0 Å². The van der Waals surface area contributed by atoms with Gasteiger partial charge in [0.1, 0.15) is 6.61 Å². The van der Waals surface area contributed by atoms with Gasteiger partial charge in [0.2, 0.25) is 0 Å². The van der Waals surface area contributed by atoms with Crippen molar-refractivity contribution >= 4 is 5.97 Å². The van der Waals surface area contributed by atoms with Gasteiger partial charge in [-0.3, -0.25) is 18.7 Å². The lowest BCUT2D eigenvalue weighted by Crippen LogP contribution is -2.38. The van der Waals surface area contributed by atoms with E-state index in [1.165, 1.54) is 23.3 Å². The molecule has 6 heteroatoms. The quantitative estimate of drug-likeness (QED) is 0.620. The van der Waals surface area contributed by atoms with E-state index in [2.05, 4.69) is 6.08 Å². The van der Waals surface area contributed by atoms with Gasteiger partial charge in [0.05, 0.1) is 11.6 Å². The lowest BCUT2D eigenvalue weighted by Gasteiger charge is -2.10. The zero-order valence-corrected chi connectivity index (χ0v) is 14.5. The number of ether oxygens (including phenoxy) is 1. The Kier molecular flexibility index (Phi) is 4.37. The van der Waals surface area contributed by atoms with Crippen molar-refractivity contribution in [1.82, 2.24) is 9.13 Å². The Labute approximate surface area is 135 Å². The molecule has 1 heterocycles. The van der Waals surface area contributed by atoms with E-state index >= 15 is 0 Å². The van der Waals surface area contributed by atoms with Crippen LogP contribution in [0.5, 0.6) is 0 Å². The zero-order chi connectivity index (χ0) is 17.5. The molecule has 0 aliphatic heterocycles. The van der Waals surface area contributed by atoms with Crippen molar-refractivity contribution in [2.24, 2.45) is 31.3 Å². The topological polar surface area (TPSA) is 70.3 Å². The summed E-state index contributed by atoms with van der Waals surface area (Å²) in [7, 11) is 2.97. The second kappa shape index (κ2) is 5.83. The van der Waals surface area contributed by atoms with Crippen molar-refractivity contribution in [1.29, 1.82) is 0 Å². The number of rotatable bonds is 4. The summed E-state index contributed by atoms with van der Waals surface area (Å²) < 4.78 is 7.69. The number of allylic oxidation sites excluding steroid dienone is 2. The molecule has 2 atom stereocenters. The monoisotopic (exact) mass is 320 g/mol. The third-order valence-electron chi connectivity index (χ3n) is 4.67. The third kappa shape index (κ3) is 3.16. The van der Waals surface area contributed by atoms with Crippen LogP contribution in [0.15, 0.2) is 27.3 Å². The molecule has 1 aromatic heterocycles. The van der Waals surface area contributed by atoms with E-state index < -0.39 is 11.2 Å². The Morgan fingerprint density at radius 1 is 1.26 bits per heavy atom. The molecule has 23 heavy (non-hydrogen) atoms. The normalized spacial score (nSPS) is 21.7. The highest BCUT2D eigenvalue weighted by atomic mass is 16.5. The minimum atomic E-state index is -0.433. The van der Waals surface area contributed by atoms with Crippen LogP contribution in [0.2, 0.25) is 0 Å². The highest BCUT2D eigenvalue weighted by Crippen LogP contribution is 2.59. The molecule has 0 amide bonds. The van der Waals surface area contributed by atoms with Gasteiger partial charge in [-0.25, -0.2) is 4.79 Å². The number of carbonyl (C=O) groups is 1. The van der Waals surface area contributed by atoms with Crippen molar-refractivity contribution in [3.05, 3.63) is 44.2 Å². The Balaban J connectivity index is 2.11. The summed E-state index contributed by atoms with van der Waals surface area (Å²) in [5.41, 5.74) is 0.606. The van der Waals surface area contributed by atoms with E-state index in [0.29, 0.717) is 5.69 Å². The summed E-state index contributed by atoms with van der Waals surface area (Å²) in [6.07, 6.45) is 2.10. The van der Waals surface area contributed by atoms with Crippen LogP contribution in [0.25, 0.3) is 0 Å². The summed E-state index contributed by atoms with van der Waals surface area (Å²) in [4.78, 5) is 35.8. The number of nitrogens with zero attached hydrogens (tertiary/aromatic N) is 2. The Hall–Kier alpha value is -2.11. The predicted molar refractivity (Wildman–Crippen MR) is 86.9 cm³/mol. The maximum Gasteiger partial charge on any atom is 0.330 e. The van der Waals surface area contributed by atoms with Crippen molar-refractivity contribution in [3.8, 4) is 0 Å². The summed E-state index contributed by atoms with van der Waals surface area (Å²) in [5.74, 6) is -0.293. The summed E-state index contributed by atoms with van der Waals surface area (Å²) in [6, 6.07) is 1.32. The van der Waals surface area contributed by atoms with E-state index in [0.717, 1.165) is 4.57 Å². The van der Waals surface area contributed by atoms with Crippen LogP contribution in [-0.4, -0.2) is 15.1 Å². The molecule has 1 aliphatic rings. The molecule has 0 aromatic carbocycles. The molecule has 0 radical (unpaired) electrons. The fourth-order valence-electron chi connectivity index (χ4n) is 2.95. The fourth-order valence-corrected chi connectivity index (χ4v) is 2.95.